The Hall–Kier alpha value is -0.860. The van der Waals surface area contributed by atoms with E-state index in [0.717, 1.165) is 19.3 Å². The van der Waals surface area contributed by atoms with Gasteiger partial charge in [0.2, 0.25) is 0 Å². The monoisotopic (exact) mass is 186 g/mol. The molecule has 0 spiro atoms. The number of hydrogen-bond donors (Lipinski definition) is 1. The molecule has 0 fully saturated rings. The van der Waals surface area contributed by atoms with Crippen LogP contribution in [0.1, 0.15) is 46.0 Å². The highest BCUT2D eigenvalue weighted by Crippen LogP contribution is 2.12. The molecule has 0 aromatic carbocycles. The van der Waals surface area contributed by atoms with Gasteiger partial charge in [-0.2, -0.15) is 0 Å². The molecule has 0 rings (SSSR count). The Morgan fingerprint density at radius 1 is 1.38 bits per heavy atom. The third-order valence-corrected chi connectivity index (χ3v) is 1.98. The number of Topliss-reactive ketones (excluding diaryl/α,β-unsaturated/α-hetero) is 1. The summed E-state index contributed by atoms with van der Waals surface area (Å²) in [7, 11) is 0. The molecule has 0 aliphatic carbocycles. The molecule has 0 heterocycles. The Balaban J connectivity index is 3.59. The second-order valence-corrected chi connectivity index (χ2v) is 3.56. The average molecular weight is 186 g/mol. The lowest BCUT2D eigenvalue weighted by atomic mass is 9.97. The molecule has 0 aromatic heterocycles. The average Bonchev–Trinajstić information content (AvgIpc) is 1.98. The van der Waals surface area contributed by atoms with Crippen molar-refractivity contribution in [2.75, 3.05) is 0 Å². The predicted octanol–water partition coefficient (Wildman–Crippen LogP) is 2.25. The van der Waals surface area contributed by atoms with Crippen molar-refractivity contribution in [3.8, 4) is 0 Å². The summed E-state index contributed by atoms with van der Waals surface area (Å²) in [5.41, 5.74) is 0. The molecule has 1 unspecified atom stereocenters. The van der Waals surface area contributed by atoms with E-state index < -0.39 is 5.97 Å². The Morgan fingerprint density at radius 3 is 2.46 bits per heavy atom. The van der Waals surface area contributed by atoms with Crippen LogP contribution < -0.4 is 0 Å². The standard InChI is InChI=1S/C10H18O3/c1-3-4-5-8(2)6-9(11)7-10(12)13/h8H,3-7H2,1-2H3,(H,12,13). The van der Waals surface area contributed by atoms with Crippen molar-refractivity contribution < 1.29 is 14.7 Å². The zero-order valence-electron chi connectivity index (χ0n) is 8.38. The van der Waals surface area contributed by atoms with E-state index in [1.54, 1.807) is 0 Å². The fourth-order valence-electron chi connectivity index (χ4n) is 1.28. The molecular formula is C10H18O3. The van der Waals surface area contributed by atoms with Crippen LogP contribution in [0, 0.1) is 5.92 Å². The van der Waals surface area contributed by atoms with Gasteiger partial charge in [-0.25, -0.2) is 0 Å². The summed E-state index contributed by atoms with van der Waals surface area (Å²) in [6, 6.07) is 0. The van der Waals surface area contributed by atoms with Crippen LogP contribution in [0.3, 0.4) is 0 Å². The molecule has 1 N–H and O–H groups in total. The lowest BCUT2D eigenvalue weighted by molar-refractivity contribution is -0.140. The second kappa shape index (κ2) is 6.63. The van der Waals surface area contributed by atoms with Crippen LogP contribution in [0.5, 0.6) is 0 Å². The van der Waals surface area contributed by atoms with Gasteiger partial charge in [-0.1, -0.05) is 33.1 Å². The summed E-state index contributed by atoms with van der Waals surface area (Å²) < 4.78 is 0. The van der Waals surface area contributed by atoms with Crippen LogP contribution in [0.25, 0.3) is 0 Å². The molecule has 76 valence electrons. The molecule has 0 aromatic rings. The number of carbonyl (C=O) groups excluding carboxylic acids is 1. The van der Waals surface area contributed by atoms with Crippen molar-refractivity contribution in [2.45, 2.75) is 46.0 Å². The van der Waals surface area contributed by atoms with Gasteiger partial charge in [-0.3, -0.25) is 9.59 Å². The zero-order chi connectivity index (χ0) is 10.3. The van der Waals surface area contributed by atoms with Gasteiger partial charge in [-0.15, -0.1) is 0 Å². The van der Waals surface area contributed by atoms with E-state index >= 15 is 0 Å². The summed E-state index contributed by atoms with van der Waals surface area (Å²) >= 11 is 0. The molecule has 3 nitrogen and oxygen atoms in total. The summed E-state index contributed by atoms with van der Waals surface area (Å²) in [5.74, 6) is -0.851. The van der Waals surface area contributed by atoms with Crippen LogP contribution in [-0.2, 0) is 9.59 Å². The van der Waals surface area contributed by atoms with E-state index in [-0.39, 0.29) is 12.2 Å². The maximum atomic E-state index is 11.0. The van der Waals surface area contributed by atoms with Crippen LogP contribution in [0.15, 0.2) is 0 Å². The van der Waals surface area contributed by atoms with E-state index in [9.17, 15) is 9.59 Å². The van der Waals surface area contributed by atoms with Crippen molar-refractivity contribution in [1.82, 2.24) is 0 Å². The minimum Gasteiger partial charge on any atom is -0.481 e. The Labute approximate surface area is 79.1 Å². The summed E-state index contributed by atoms with van der Waals surface area (Å²) in [6.07, 6.45) is 3.34. The summed E-state index contributed by atoms with van der Waals surface area (Å²) in [5, 5.41) is 8.35. The predicted molar refractivity (Wildman–Crippen MR) is 50.6 cm³/mol. The minimum atomic E-state index is -1.02. The van der Waals surface area contributed by atoms with Crippen molar-refractivity contribution in [3.05, 3.63) is 0 Å². The van der Waals surface area contributed by atoms with E-state index in [0.29, 0.717) is 12.3 Å². The first-order chi connectivity index (χ1) is 6.06. The highest BCUT2D eigenvalue weighted by atomic mass is 16.4. The van der Waals surface area contributed by atoms with Crippen molar-refractivity contribution in [2.24, 2.45) is 5.92 Å². The van der Waals surface area contributed by atoms with Gasteiger partial charge in [0.1, 0.15) is 12.2 Å². The first-order valence-electron chi connectivity index (χ1n) is 4.79. The topological polar surface area (TPSA) is 54.4 Å². The normalized spacial score (nSPS) is 12.5. The van der Waals surface area contributed by atoms with Crippen LogP contribution in [0.2, 0.25) is 0 Å². The molecule has 0 saturated carbocycles. The highest BCUT2D eigenvalue weighted by Gasteiger charge is 2.11. The van der Waals surface area contributed by atoms with Crippen LogP contribution in [0.4, 0.5) is 0 Å². The van der Waals surface area contributed by atoms with E-state index in [2.05, 4.69) is 6.92 Å². The van der Waals surface area contributed by atoms with E-state index in [4.69, 9.17) is 5.11 Å². The largest absolute Gasteiger partial charge is 0.481 e. The Morgan fingerprint density at radius 2 is 2.00 bits per heavy atom. The number of ketones is 1. The maximum absolute atomic E-state index is 11.0. The fourth-order valence-corrected chi connectivity index (χ4v) is 1.28. The maximum Gasteiger partial charge on any atom is 0.310 e. The minimum absolute atomic E-state index is 0.156. The third kappa shape index (κ3) is 7.50. The smallest absolute Gasteiger partial charge is 0.310 e. The highest BCUT2D eigenvalue weighted by molar-refractivity contribution is 5.94. The molecule has 3 heteroatoms. The van der Waals surface area contributed by atoms with Gasteiger partial charge in [0.25, 0.3) is 0 Å². The summed E-state index contributed by atoms with van der Waals surface area (Å²) in [6.45, 7) is 4.10. The van der Waals surface area contributed by atoms with E-state index in [1.165, 1.54) is 0 Å². The van der Waals surface area contributed by atoms with Crippen LogP contribution >= 0.6 is 0 Å². The first-order valence-corrected chi connectivity index (χ1v) is 4.79. The number of unbranched alkanes of at least 4 members (excludes halogenated alkanes) is 1. The molecule has 0 amide bonds. The van der Waals surface area contributed by atoms with Gasteiger partial charge in [0.05, 0.1) is 0 Å². The Kier molecular flexibility index (Phi) is 6.20. The van der Waals surface area contributed by atoms with E-state index in [1.807, 2.05) is 6.92 Å². The lowest BCUT2D eigenvalue weighted by Gasteiger charge is -2.07. The van der Waals surface area contributed by atoms with Gasteiger partial charge >= 0.3 is 5.97 Å². The molecule has 0 radical (unpaired) electrons. The SMILES string of the molecule is CCCCC(C)CC(=O)CC(=O)O. The van der Waals surface area contributed by atoms with Crippen molar-refractivity contribution >= 4 is 11.8 Å². The number of carboxylic acids is 1. The lowest BCUT2D eigenvalue weighted by Crippen LogP contribution is -2.10. The third-order valence-electron chi connectivity index (χ3n) is 1.98. The molecule has 0 saturated heterocycles. The van der Waals surface area contributed by atoms with Crippen molar-refractivity contribution in [1.29, 1.82) is 0 Å². The fraction of sp³-hybridized carbons (Fsp3) is 0.800. The number of hydrogen-bond acceptors (Lipinski definition) is 2. The molecule has 1 atom stereocenters. The van der Waals surface area contributed by atoms with Gasteiger partial charge in [0.15, 0.2) is 0 Å². The molecule has 0 bridgehead atoms. The van der Waals surface area contributed by atoms with Gasteiger partial charge < -0.3 is 5.11 Å². The molecule has 0 aliphatic rings. The number of carbonyl (C=O) groups is 2. The Bertz CT molecular complexity index is 175. The number of carboxylic acid groups (broad SMARTS) is 1. The van der Waals surface area contributed by atoms with Crippen LogP contribution in [-0.4, -0.2) is 16.9 Å². The van der Waals surface area contributed by atoms with Gasteiger partial charge in [-0.05, 0) is 5.92 Å². The number of aliphatic carboxylic acids is 1. The number of rotatable bonds is 7. The summed E-state index contributed by atoms with van der Waals surface area (Å²) in [4.78, 5) is 21.2. The van der Waals surface area contributed by atoms with Crippen molar-refractivity contribution in [3.63, 3.8) is 0 Å². The zero-order valence-corrected chi connectivity index (χ0v) is 8.38. The second-order valence-electron chi connectivity index (χ2n) is 3.56. The molecular weight excluding hydrogens is 168 g/mol. The molecule has 0 aliphatic heterocycles. The molecule has 13 heavy (non-hydrogen) atoms. The quantitative estimate of drug-likeness (QED) is 0.620. The van der Waals surface area contributed by atoms with Gasteiger partial charge in [0, 0.05) is 6.42 Å². The first kappa shape index (κ1) is 12.1.